The third-order valence-electron chi connectivity index (χ3n) is 3.78. The van der Waals surface area contributed by atoms with Crippen LogP contribution >= 0.6 is 11.3 Å². The molecule has 5 nitrogen and oxygen atoms in total. The number of ether oxygens (including phenoxy) is 1. The summed E-state index contributed by atoms with van der Waals surface area (Å²) in [7, 11) is 0. The largest absolute Gasteiger partial charge is 0.459 e. The van der Waals surface area contributed by atoms with E-state index < -0.39 is 0 Å². The summed E-state index contributed by atoms with van der Waals surface area (Å²) in [5.74, 6) is -0.368. The molecule has 2 N–H and O–H groups in total. The Hall–Kier alpha value is -2.34. The number of nitrogens with zero attached hydrogens (tertiary/aromatic N) is 1. The molecule has 126 valence electrons. The van der Waals surface area contributed by atoms with Crippen LogP contribution in [0.25, 0.3) is 11.3 Å². The van der Waals surface area contributed by atoms with Gasteiger partial charge in [-0.05, 0) is 26.8 Å². The minimum Gasteiger partial charge on any atom is -0.459 e. The lowest BCUT2D eigenvalue weighted by Gasteiger charge is -2.14. The predicted octanol–water partition coefficient (Wildman–Crippen LogP) is 3.97. The van der Waals surface area contributed by atoms with Crippen LogP contribution in [0.5, 0.6) is 0 Å². The Kier molecular flexibility index (Phi) is 4.57. The molecule has 24 heavy (non-hydrogen) atoms. The van der Waals surface area contributed by atoms with Crippen molar-refractivity contribution >= 4 is 22.4 Å². The SMILES string of the molecule is C/C(=C/[C@H]1CC(C)(C)OC1=O)NNc1nc(-c2ccccc2)cs1. The zero-order chi connectivity index (χ0) is 17.2. The average molecular weight is 343 g/mol. The third-order valence-corrected chi connectivity index (χ3v) is 4.54. The Morgan fingerprint density at radius 2 is 2.12 bits per heavy atom. The van der Waals surface area contributed by atoms with Crippen molar-refractivity contribution < 1.29 is 9.53 Å². The van der Waals surface area contributed by atoms with Crippen molar-refractivity contribution in [1.29, 1.82) is 0 Å². The van der Waals surface area contributed by atoms with Crippen LogP contribution in [0.15, 0.2) is 47.5 Å². The Balaban J connectivity index is 1.59. The number of benzene rings is 1. The van der Waals surface area contributed by atoms with Gasteiger partial charge in [0.1, 0.15) is 5.60 Å². The fourth-order valence-electron chi connectivity index (χ4n) is 2.70. The second kappa shape index (κ2) is 6.65. The molecule has 2 heterocycles. The highest BCUT2D eigenvalue weighted by Gasteiger charge is 2.38. The number of allylic oxidation sites excluding steroid dienone is 1. The molecule has 1 saturated heterocycles. The molecule has 0 bridgehead atoms. The van der Waals surface area contributed by atoms with E-state index in [-0.39, 0.29) is 17.5 Å². The normalized spacial score (nSPS) is 19.9. The molecular weight excluding hydrogens is 322 g/mol. The number of hydrogen-bond donors (Lipinski definition) is 2. The first-order chi connectivity index (χ1) is 11.4. The van der Waals surface area contributed by atoms with E-state index in [0.29, 0.717) is 6.42 Å². The van der Waals surface area contributed by atoms with Crippen molar-refractivity contribution in [3.63, 3.8) is 0 Å². The molecule has 0 radical (unpaired) electrons. The lowest BCUT2D eigenvalue weighted by Crippen LogP contribution is -2.20. The lowest BCUT2D eigenvalue weighted by molar-refractivity contribution is -0.147. The van der Waals surface area contributed by atoms with Gasteiger partial charge in [-0.25, -0.2) is 4.98 Å². The molecule has 0 spiro atoms. The second-order valence-electron chi connectivity index (χ2n) is 6.50. The van der Waals surface area contributed by atoms with Gasteiger partial charge >= 0.3 is 5.97 Å². The van der Waals surface area contributed by atoms with E-state index in [9.17, 15) is 4.79 Å². The summed E-state index contributed by atoms with van der Waals surface area (Å²) in [6.45, 7) is 5.78. The highest BCUT2D eigenvalue weighted by atomic mass is 32.1. The Labute approximate surface area is 145 Å². The first-order valence-corrected chi connectivity index (χ1v) is 8.75. The maximum atomic E-state index is 11.8. The lowest BCUT2D eigenvalue weighted by atomic mass is 9.97. The molecule has 3 rings (SSSR count). The highest BCUT2D eigenvalue weighted by Crippen LogP contribution is 2.31. The maximum Gasteiger partial charge on any atom is 0.313 e. The Bertz CT molecular complexity index is 753. The molecule has 6 heteroatoms. The van der Waals surface area contributed by atoms with Crippen LogP contribution in [0, 0.1) is 5.92 Å². The highest BCUT2D eigenvalue weighted by molar-refractivity contribution is 7.14. The van der Waals surface area contributed by atoms with Crippen molar-refractivity contribution in [2.24, 2.45) is 5.92 Å². The monoisotopic (exact) mass is 343 g/mol. The van der Waals surface area contributed by atoms with Gasteiger partial charge in [-0.2, -0.15) is 0 Å². The molecule has 1 aromatic carbocycles. The van der Waals surface area contributed by atoms with E-state index in [1.807, 2.05) is 62.6 Å². The molecule has 0 unspecified atom stereocenters. The van der Waals surface area contributed by atoms with E-state index in [4.69, 9.17) is 4.74 Å². The first kappa shape index (κ1) is 16.5. The first-order valence-electron chi connectivity index (χ1n) is 7.87. The summed E-state index contributed by atoms with van der Waals surface area (Å²) in [5, 5.41) is 2.78. The van der Waals surface area contributed by atoms with Gasteiger partial charge in [0.05, 0.1) is 11.6 Å². The van der Waals surface area contributed by atoms with E-state index in [2.05, 4.69) is 15.8 Å². The summed E-state index contributed by atoms with van der Waals surface area (Å²) in [6, 6.07) is 10.0. The zero-order valence-electron chi connectivity index (χ0n) is 14.0. The van der Waals surface area contributed by atoms with Crippen LogP contribution in [0.2, 0.25) is 0 Å². The number of aromatic nitrogens is 1. The number of thiazole rings is 1. The van der Waals surface area contributed by atoms with Gasteiger partial charge in [-0.1, -0.05) is 30.3 Å². The number of cyclic esters (lactones) is 1. The molecule has 1 aromatic heterocycles. The van der Waals surface area contributed by atoms with E-state index >= 15 is 0 Å². The maximum absolute atomic E-state index is 11.8. The van der Waals surface area contributed by atoms with Crippen LogP contribution in [0.4, 0.5) is 5.13 Å². The van der Waals surface area contributed by atoms with Gasteiger partial charge in [0.15, 0.2) is 0 Å². The number of carbonyl (C=O) groups is 1. The van der Waals surface area contributed by atoms with Gasteiger partial charge in [-0.15, -0.1) is 11.3 Å². The molecule has 0 amide bonds. The van der Waals surface area contributed by atoms with Gasteiger partial charge in [-0.3, -0.25) is 10.2 Å². The Morgan fingerprint density at radius 1 is 1.38 bits per heavy atom. The summed E-state index contributed by atoms with van der Waals surface area (Å²) in [5.41, 5.74) is 8.68. The smallest absolute Gasteiger partial charge is 0.313 e. The standard InChI is InChI=1S/C18H21N3O2S/c1-12(9-14-10-18(2,3)23-16(14)22)20-21-17-19-15(11-24-17)13-7-5-4-6-8-13/h4-9,11,14,20H,10H2,1-3H3,(H,19,21)/b12-9-/t14-/m0/s1. The summed E-state index contributed by atoms with van der Waals surface area (Å²) in [6.07, 6.45) is 2.59. The predicted molar refractivity (Wildman–Crippen MR) is 96.3 cm³/mol. The number of rotatable bonds is 5. The van der Waals surface area contributed by atoms with Crippen LogP contribution in [0.1, 0.15) is 27.2 Å². The molecule has 0 saturated carbocycles. The number of nitrogens with one attached hydrogen (secondary N) is 2. The van der Waals surface area contributed by atoms with Gasteiger partial charge < -0.3 is 10.2 Å². The molecule has 1 fully saturated rings. The van der Waals surface area contributed by atoms with Gasteiger partial charge in [0.25, 0.3) is 0 Å². The number of hydrogen-bond acceptors (Lipinski definition) is 6. The van der Waals surface area contributed by atoms with E-state index in [1.165, 1.54) is 11.3 Å². The molecule has 1 aliphatic rings. The van der Waals surface area contributed by atoms with Crippen molar-refractivity contribution in [3.05, 3.63) is 47.5 Å². The van der Waals surface area contributed by atoms with Crippen molar-refractivity contribution in [2.45, 2.75) is 32.8 Å². The molecule has 2 aromatic rings. The summed E-state index contributed by atoms with van der Waals surface area (Å²) >= 11 is 1.53. The number of carbonyl (C=O) groups excluding carboxylic acids is 1. The van der Waals surface area contributed by atoms with Crippen molar-refractivity contribution in [3.8, 4) is 11.3 Å². The fourth-order valence-corrected chi connectivity index (χ4v) is 3.37. The minimum absolute atomic E-state index is 0.165. The van der Waals surface area contributed by atoms with Gasteiger partial charge in [0, 0.05) is 23.1 Å². The number of hydrazine groups is 1. The second-order valence-corrected chi connectivity index (χ2v) is 7.35. The van der Waals surface area contributed by atoms with Gasteiger partial charge in [0.2, 0.25) is 5.13 Å². The van der Waals surface area contributed by atoms with Crippen molar-refractivity contribution in [2.75, 3.05) is 5.43 Å². The topological polar surface area (TPSA) is 63.2 Å². The number of esters is 1. The van der Waals surface area contributed by atoms with Crippen molar-refractivity contribution in [1.82, 2.24) is 10.4 Å². The summed E-state index contributed by atoms with van der Waals surface area (Å²) in [4.78, 5) is 16.4. The third kappa shape index (κ3) is 3.94. The van der Waals surface area contributed by atoms with E-state index in [1.54, 1.807) is 0 Å². The fraction of sp³-hybridized carbons (Fsp3) is 0.333. The summed E-state index contributed by atoms with van der Waals surface area (Å²) < 4.78 is 5.34. The molecule has 1 aliphatic heterocycles. The van der Waals surface area contributed by atoms with Crippen LogP contribution in [-0.2, 0) is 9.53 Å². The zero-order valence-corrected chi connectivity index (χ0v) is 14.8. The quantitative estimate of drug-likeness (QED) is 0.635. The van der Waals surface area contributed by atoms with E-state index in [0.717, 1.165) is 22.1 Å². The molecular formula is C18H21N3O2S. The van der Waals surface area contributed by atoms with Crippen LogP contribution in [0.3, 0.4) is 0 Å². The average Bonchev–Trinajstić information content (AvgIpc) is 3.10. The van der Waals surface area contributed by atoms with Crippen LogP contribution < -0.4 is 10.9 Å². The molecule has 1 atom stereocenters. The minimum atomic E-state index is -0.383. The molecule has 0 aliphatic carbocycles. The van der Waals surface area contributed by atoms with Crippen LogP contribution in [-0.4, -0.2) is 16.6 Å². The number of anilines is 1. The Morgan fingerprint density at radius 3 is 2.79 bits per heavy atom.